The lowest BCUT2D eigenvalue weighted by Crippen LogP contribution is -2.62. The number of esters is 2. The minimum atomic E-state index is -1.25. The molecule has 4 rings (SSSR count). The van der Waals surface area contributed by atoms with Crippen LogP contribution in [0.4, 0.5) is 0 Å². The van der Waals surface area contributed by atoms with Gasteiger partial charge in [-0.05, 0) is 11.1 Å². The molecule has 0 unspecified atom stereocenters. The number of methoxy groups -OCH3 is 1. The van der Waals surface area contributed by atoms with Crippen molar-refractivity contribution in [2.75, 3.05) is 13.7 Å². The second-order valence-corrected chi connectivity index (χ2v) is 9.87. The molecule has 1 fully saturated rings. The molecule has 0 saturated carbocycles. The molecule has 1 aromatic heterocycles. The van der Waals surface area contributed by atoms with Crippen LogP contribution in [0.3, 0.4) is 0 Å². The standard InChI is InChI=1S/C28H32N2O6S/c1-20(31)34-19-25-26(24(35-21(2)32)16-28(33-3,36-25)27-29-14-15-37-27)30(17-22-10-6-4-7-11-22)18-23-12-8-5-9-13-23/h4-15,24-26H,16-19H2,1-3H3/t24-,25+,26-,28+/m1/s1. The Hall–Kier alpha value is -3.11. The molecule has 0 radical (unpaired) electrons. The first-order valence-electron chi connectivity index (χ1n) is 12.2. The van der Waals surface area contributed by atoms with Gasteiger partial charge >= 0.3 is 11.9 Å². The van der Waals surface area contributed by atoms with Gasteiger partial charge in [-0.25, -0.2) is 4.98 Å². The van der Waals surface area contributed by atoms with Crippen LogP contribution < -0.4 is 0 Å². The fourth-order valence-electron chi connectivity index (χ4n) is 4.78. The molecule has 1 aliphatic heterocycles. The Labute approximate surface area is 221 Å². The number of carbonyl (C=O) groups excluding carboxylic acids is 2. The number of hydrogen-bond acceptors (Lipinski definition) is 9. The Morgan fingerprint density at radius 1 is 1.03 bits per heavy atom. The normalized spacial score (nSPS) is 23.5. The van der Waals surface area contributed by atoms with Crippen molar-refractivity contribution in [1.82, 2.24) is 9.88 Å². The Kier molecular flexibility index (Phi) is 9.04. The van der Waals surface area contributed by atoms with E-state index in [-0.39, 0.29) is 13.0 Å². The van der Waals surface area contributed by atoms with E-state index in [4.69, 9.17) is 18.9 Å². The highest BCUT2D eigenvalue weighted by molar-refractivity contribution is 7.09. The molecule has 0 N–H and O–H groups in total. The topological polar surface area (TPSA) is 87.2 Å². The second-order valence-electron chi connectivity index (χ2n) is 8.97. The maximum absolute atomic E-state index is 12.3. The Balaban J connectivity index is 1.77. The predicted octanol–water partition coefficient (Wildman–Crippen LogP) is 4.30. The van der Waals surface area contributed by atoms with Crippen LogP contribution in [0.5, 0.6) is 0 Å². The third-order valence-corrected chi connectivity index (χ3v) is 7.21. The van der Waals surface area contributed by atoms with E-state index in [9.17, 15) is 9.59 Å². The first kappa shape index (κ1) is 26.9. The van der Waals surface area contributed by atoms with E-state index in [1.165, 1.54) is 25.2 Å². The average molecular weight is 525 g/mol. The molecule has 0 spiro atoms. The summed E-state index contributed by atoms with van der Waals surface area (Å²) < 4.78 is 23.9. The first-order valence-corrected chi connectivity index (χ1v) is 13.0. The minimum Gasteiger partial charge on any atom is -0.463 e. The lowest BCUT2D eigenvalue weighted by atomic mass is 9.90. The summed E-state index contributed by atoms with van der Waals surface area (Å²) >= 11 is 1.39. The fraction of sp³-hybridized carbons (Fsp3) is 0.393. The zero-order chi connectivity index (χ0) is 26.3. The summed E-state index contributed by atoms with van der Waals surface area (Å²) in [6.45, 7) is 3.85. The number of benzene rings is 2. The lowest BCUT2D eigenvalue weighted by molar-refractivity contribution is -0.318. The number of hydrogen-bond donors (Lipinski definition) is 0. The zero-order valence-corrected chi connectivity index (χ0v) is 22.1. The van der Waals surface area contributed by atoms with Gasteiger partial charge in [-0.3, -0.25) is 14.5 Å². The Bertz CT molecular complexity index is 1100. The second kappa shape index (κ2) is 12.4. The van der Waals surface area contributed by atoms with Crippen molar-refractivity contribution >= 4 is 23.3 Å². The number of rotatable bonds is 10. The molecule has 0 aliphatic carbocycles. The van der Waals surface area contributed by atoms with Gasteiger partial charge in [0.1, 0.15) is 18.8 Å². The van der Waals surface area contributed by atoms with Gasteiger partial charge in [0.2, 0.25) is 5.79 Å². The summed E-state index contributed by atoms with van der Waals surface area (Å²) in [5.74, 6) is -2.08. The molecule has 2 aromatic carbocycles. The Morgan fingerprint density at radius 2 is 1.65 bits per heavy atom. The van der Waals surface area contributed by atoms with Crippen LogP contribution in [0, 0.1) is 0 Å². The molecule has 4 atom stereocenters. The molecule has 8 nitrogen and oxygen atoms in total. The third-order valence-electron chi connectivity index (χ3n) is 6.31. The average Bonchev–Trinajstić information content (AvgIpc) is 3.44. The van der Waals surface area contributed by atoms with Crippen molar-refractivity contribution in [3.05, 3.63) is 88.4 Å². The van der Waals surface area contributed by atoms with Crippen LogP contribution in [0.2, 0.25) is 0 Å². The predicted molar refractivity (Wildman–Crippen MR) is 138 cm³/mol. The van der Waals surface area contributed by atoms with E-state index in [0.29, 0.717) is 18.1 Å². The molecule has 1 aliphatic rings. The van der Waals surface area contributed by atoms with Gasteiger partial charge in [-0.15, -0.1) is 11.3 Å². The van der Waals surface area contributed by atoms with E-state index in [1.807, 2.05) is 41.8 Å². The molecule has 1 saturated heterocycles. The largest absolute Gasteiger partial charge is 0.463 e. The van der Waals surface area contributed by atoms with E-state index < -0.39 is 36.0 Å². The molecule has 0 amide bonds. The fourth-order valence-corrected chi connectivity index (χ4v) is 5.55. The van der Waals surface area contributed by atoms with Crippen molar-refractivity contribution in [2.45, 2.75) is 57.4 Å². The summed E-state index contributed by atoms with van der Waals surface area (Å²) in [6, 6.07) is 19.7. The van der Waals surface area contributed by atoms with Crippen LogP contribution >= 0.6 is 11.3 Å². The first-order chi connectivity index (χ1) is 17.9. The molecular weight excluding hydrogens is 492 g/mol. The van der Waals surface area contributed by atoms with Gasteiger partial charge < -0.3 is 18.9 Å². The van der Waals surface area contributed by atoms with Crippen LogP contribution in [0.1, 0.15) is 36.4 Å². The van der Waals surface area contributed by atoms with Crippen molar-refractivity contribution < 1.29 is 28.5 Å². The summed E-state index contributed by atoms with van der Waals surface area (Å²) in [7, 11) is 1.54. The van der Waals surface area contributed by atoms with Crippen molar-refractivity contribution in [2.24, 2.45) is 0 Å². The van der Waals surface area contributed by atoms with Crippen LogP contribution in [-0.4, -0.2) is 53.8 Å². The third kappa shape index (κ3) is 6.81. The highest BCUT2D eigenvalue weighted by Gasteiger charge is 2.53. The van der Waals surface area contributed by atoms with Crippen LogP contribution in [0.25, 0.3) is 0 Å². The van der Waals surface area contributed by atoms with Gasteiger partial charge in [-0.1, -0.05) is 60.7 Å². The van der Waals surface area contributed by atoms with Gasteiger partial charge in [0.15, 0.2) is 5.01 Å². The number of carbonyl (C=O) groups is 2. The van der Waals surface area contributed by atoms with E-state index in [1.54, 1.807) is 13.3 Å². The summed E-state index contributed by atoms with van der Waals surface area (Å²) in [5.41, 5.74) is 2.18. The van der Waals surface area contributed by atoms with E-state index in [0.717, 1.165) is 11.1 Å². The number of aromatic nitrogens is 1. The molecule has 2 heterocycles. The number of nitrogens with zero attached hydrogens (tertiary/aromatic N) is 2. The lowest BCUT2D eigenvalue weighted by Gasteiger charge is -2.49. The maximum atomic E-state index is 12.3. The van der Waals surface area contributed by atoms with Crippen molar-refractivity contribution in [3.63, 3.8) is 0 Å². The molecule has 37 heavy (non-hydrogen) atoms. The highest BCUT2D eigenvalue weighted by atomic mass is 32.1. The molecule has 9 heteroatoms. The smallest absolute Gasteiger partial charge is 0.302 e. The molecule has 196 valence electrons. The minimum absolute atomic E-state index is 0.0334. The van der Waals surface area contributed by atoms with Crippen LogP contribution in [-0.2, 0) is 47.4 Å². The monoisotopic (exact) mass is 524 g/mol. The number of ether oxygens (including phenoxy) is 4. The van der Waals surface area contributed by atoms with Gasteiger partial charge in [0, 0.05) is 52.0 Å². The summed E-state index contributed by atoms with van der Waals surface area (Å²) in [4.78, 5) is 30.8. The summed E-state index contributed by atoms with van der Waals surface area (Å²) in [5, 5.41) is 2.45. The molecular formula is C28H32N2O6S. The quantitative estimate of drug-likeness (QED) is 0.363. The highest BCUT2D eigenvalue weighted by Crippen LogP contribution is 2.42. The zero-order valence-electron chi connectivity index (χ0n) is 21.2. The van der Waals surface area contributed by atoms with E-state index >= 15 is 0 Å². The summed E-state index contributed by atoms with van der Waals surface area (Å²) in [6.07, 6.45) is 0.619. The molecule has 0 bridgehead atoms. The van der Waals surface area contributed by atoms with Gasteiger partial charge in [0.25, 0.3) is 0 Å². The van der Waals surface area contributed by atoms with Crippen LogP contribution in [0.15, 0.2) is 72.2 Å². The maximum Gasteiger partial charge on any atom is 0.302 e. The van der Waals surface area contributed by atoms with Crippen molar-refractivity contribution in [3.8, 4) is 0 Å². The SMILES string of the molecule is CO[C@@]1(c2nccs2)C[C@@H](OC(C)=O)[C@@H](N(Cc2ccccc2)Cc2ccccc2)[C@H](COC(C)=O)O1. The molecule has 3 aromatic rings. The van der Waals surface area contributed by atoms with Gasteiger partial charge in [0.05, 0.1) is 6.04 Å². The number of thiazole rings is 1. The van der Waals surface area contributed by atoms with Crippen molar-refractivity contribution in [1.29, 1.82) is 0 Å². The van der Waals surface area contributed by atoms with E-state index in [2.05, 4.69) is 34.1 Å². The Morgan fingerprint density at radius 3 is 2.14 bits per heavy atom. The van der Waals surface area contributed by atoms with Gasteiger partial charge in [-0.2, -0.15) is 0 Å².